The van der Waals surface area contributed by atoms with Gasteiger partial charge in [-0.1, -0.05) is 25.0 Å². The second kappa shape index (κ2) is 7.57. The van der Waals surface area contributed by atoms with Crippen molar-refractivity contribution in [2.24, 2.45) is 5.92 Å². The van der Waals surface area contributed by atoms with Gasteiger partial charge in [-0.25, -0.2) is 14.4 Å². The molecule has 1 atom stereocenters. The highest BCUT2D eigenvalue weighted by Crippen LogP contribution is 2.43. The molecule has 0 amide bonds. The van der Waals surface area contributed by atoms with E-state index >= 15 is 0 Å². The van der Waals surface area contributed by atoms with E-state index in [0.29, 0.717) is 11.3 Å². The third kappa shape index (κ3) is 3.56. The Bertz CT molecular complexity index is 954. The van der Waals surface area contributed by atoms with Crippen molar-refractivity contribution in [1.29, 1.82) is 0 Å². The Morgan fingerprint density at radius 2 is 1.79 bits per heavy atom. The molecule has 6 nitrogen and oxygen atoms in total. The van der Waals surface area contributed by atoms with Crippen LogP contribution >= 0.6 is 0 Å². The average Bonchev–Trinajstić information content (AvgIpc) is 3.36. The smallest absolute Gasteiger partial charge is 0.314 e. The van der Waals surface area contributed by atoms with Gasteiger partial charge in [-0.2, -0.15) is 8.78 Å². The number of nitrogens with zero attached hydrogens (tertiary/aromatic N) is 4. The molecular weight excluding hydrogens is 371 g/mol. The molecule has 9 heteroatoms. The van der Waals surface area contributed by atoms with Crippen LogP contribution in [0.15, 0.2) is 34.9 Å². The van der Waals surface area contributed by atoms with Gasteiger partial charge in [-0.15, -0.1) is 10.2 Å². The molecule has 146 valence electrons. The fourth-order valence-corrected chi connectivity index (χ4v) is 3.86. The number of benzene rings is 1. The largest absolute Gasteiger partial charge is 0.415 e. The first kappa shape index (κ1) is 18.4. The minimum atomic E-state index is -2.87. The first-order valence-electron chi connectivity index (χ1n) is 9.02. The lowest BCUT2D eigenvalue weighted by Crippen LogP contribution is -2.16. The van der Waals surface area contributed by atoms with Crippen molar-refractivity contribution in [3.63, 3.8) is 0 Å². The van der Waals surface area contributed by atoms with Crippen molar-refractivity contribution < 1.29 is 17.6 Å². The molecule has 1 aliphatic rings. The molecule has 1 aromatic carbocycles. The van der Waals surface area contributed by atoms with Gasteiger partial charge in [0.15, 0.2) is 0 Å². The van der Waals surface area contributed by atoms with Crippen LogP contribution in [0.2, 0.25) is 0 Å². The summed E-state index contributed by atoms with van der Waals surface area (Å²) in [6.45, 7) is 0. The molecule has 2 aromatic heterocycles. The molecule has 4 rings (SSSR count). The standard InChI is InChI=1S/C19H18F3N5O/c20-12-7-5-11(6-8-12)14(10-3-1-2-4-10)15-13(9-24-19(23)25-15)17-26-27-18(28-17)16(21)22/h5-10,14,16H,1-4H2,(H2,23,24,25). The molecule has 1 fully saturated rings. The van der Waals surface area contributed by atoms with E-state index in [-0.39, 0.29) is 29.5 Å². The average molecular weight is 389 g/mol. The fourth-order valence-electron chi connectivity index (χ4n) is 3.86. The van der Waals surface area contributed by atoms with Crippen LogP contribution in [0.1, 0.15) is 55.2 Å². The Kier molecular flexibility index (Phi) is 4.97. The van der Waals surface area contributed by atoms with E-state index < -0.39 is 12.3 Å². The summed E-state index contributed by atoms with van der Waals surface area (Å²) in [5.74, 6) is -1.11. The van der Waals surface area contributed by atoms with Crippen molar-refractivity contribution in [2.75, 3.05) is 5.73 Å². The zero-order valence-electron chi connectivity index (χ0n) is 14.9. The predicted molar refractivity (Wildman–Crippen MR) is 94.9 cm³/mol. The van der Waals surface area contributed by atoms with Gasteiger partial charge < -0.3 is 10.2 Å². The molecule has 2 N–H and O–H groups in total. The van der Waals surface area contributed by atoms with Crippen molar-refractivity contribution in [1.82, 2.24) is 20.2 Å². The molecule has 1 aliphatic carbocycles. The molecule has 0 aliphatic heterocycles. The molecule has 1 unspecified atom stereocenters. The van der Waals surface area contributed by atoms with Gasteiger partial charge in [0, 0.05) is 12.1 Å². The van der Waals surface area contributed by atoms with E-state index in [9.17, 15) is 13.2 Å². The first-order chi connectivity index (χ1) is 13.5. The third-order valence-corrected chi connectivity index (χ3v) is 5.09. The Morgan fingerprint density at radius 1 is 1.07 bits per heavy atom. The molecular formula is C19H18F3N5O. The number of aromatic nitrogens is 4. The number of nitrogens with two attached hydrogens (primary N) is 1. The first-order valence-corrected chi connectivity index (χ1v) is 9.02. The highest BCUT2D eigenvalue weighted by atomic mass is 19.3. The van der Waals surface area contributed by atoms with Crippen LogP contribution in [0.5, 0.6) is 0 Å². The van der Waals surface area contributed by atoms with E-state index in [2.05, 4.69) is 20.2 Å². The lowest BCUT2D eigenvalue weighted by Gasteiger charge is -2.25. The molecule has 28 heavy (non-hydrogen) atoms. The number of hydrogen-bond donors (Lipinski definition) is 1. The van der Waals surface area contributed by atoms with Gasteiger partial charge in [0.05, 0.1) is 11.3 Å². The summed E-state index contributed by atoms with van der Waals surface area (Å²) in [5.41, 5.74) is 7.57. The zero-order valence-corrected chi connectivity index (χ0v) is 14.9. The number of hydrogen-bond acceptors (Lipinski definition) is 6. The molecule has 1 saturated carbocycles. The van der Waals surface area contributed by atoms with E-state index in [1.807, 2.05) is 0 Å². The van der Waals surface area contributed by atoms with Crippen LogP contribution in [0.3, 0.4) is 0 Å². The Balaban J connectivity index is 1.85. The normalized spacial score (nSPS) is 16.0. The molecule has 0 saturated heterocycles. The number of halogens is 3. The molecule has 2 heterocycles. The SMILES string of the molecule is Nc1ncc(-c2nnc(C(F)F)o2)c(C(c2ccc(F)cc2)C2CCCC2)n1. The van der Waals surface area contributed by atoms with Crippen molar-refractivity contribution in [3.8, 4) is 11.5 Å². The van der Waals surface area contributed by atoms with Crippen LogP contribution < -0.4 is 5.73 Å². The van der Waals surface area contributed by atoms with Gasteiger partial charge in [-0.05, 0) is 36.5 Å². The van der Waals surface area contributed by atoms with Crippen LogP contribution in [-0.2, 0) is 0 Å². The maximum Gasteiger partial charge on any atom is 0.314 e. The Labute approximate surface area is 159 Å². The fraction of sp³-hybridized carbons (Fsp3) is 0.368. The van der Waals surface area contributed by atoms with Crippen molar-refractivity contribution in [3.05, 3.63) is 53.4 Å². The second-order valence-corrected chi connectivity index (χ2v) is 6.85. The Hall–Kier alpha value is -2.97. The van der Waals surface area contributed by atoms with E-state index in [4.69, 9.17) is 10.2 Å². The van der Waals surface area contributed by atoms with E-state index in [1.165, 1.54) is 18.3 Å². The predicted octanol–water partition coefficient (Wildman–Crippen LogP) is 4.51. The lowest BCUT2D eigenvalue weighted by molar-refractivity contribution is 0.116. The second-order valence-electron chi connectivity index (χ2n) is 6.85. The third-order valence-electron chi connectivity index (χ3n) is 5.09. The lowest BCUT2D eigenvalue weighted by atomic mass is 9.81. The Morgan fingerprint density at radius 3 is 2.43 bits per heavy atom. The number of alkyl halides is 2. The minimum absolute atomic E-state index is 0.0532. The highest BCUT2D eigenvalue weighted by Gasteiger charge is 2.32. The maximum absolute atomic E-state index is 13.5. The summed E-state index contributed by atoms with van der Waals surface area (Å²) in [6, 6.07) is 6.20. The zero-order chi connectivity index (χ0) is 19.7. The van der Waals surface area contributed by atoms with Gasteiger partial charge in [-0.3, -0.25) is 0 Å². The number of anilines is 1. The number of rotatable bonds is 5. The van der Waals surface area contributed by atoms with E-state index in [1.54, 1.807) is 12.1 Å². The van der Waals surface area contributed by atoms with Crippen LogP contribution in [-0.4, -0.2) is 20.2 Å². The van der Waals surface area contributed by atoms with Gasteiger partial charge in [0.1, 0.15) is 5.82 Å². The summed E-state index contributed by atoms with van der Waals surface area (Å²) in [6.07, 6.45) is 2.63. The van der Waals surface area contributed by atoms with Gasteiger partial charge in [0.25, 0.3) is 11.8 Å². The van der Waals surface area contributed by atoms with Crippen LogP contribution in [0, 0.1) is 11.7 Å². The van der Waals surface area contributed by atoms with E-state index in [0.717, 1.165) is 31.2 Å². The molecule has 3 aromatic rings. The minimum Gasteiger partial charge on any atom is -0.415 e. The van der Waals surface area contributed by atoms with Crippen molar-refractivity contribution in [2.45, 2.75) is 38.0 Å². The summed E-state index contributed by atoms with van der Waals surface area (Å²) in [7, 11) is 0. The number of nitrogen functional groups attached to an aromatic ring is 1. The van der Waals surface area contributed by atoms with Crippen LogP contribution in [0.25, 0.3) is 11.5 Å². The van der Waals surface area contributed by atoms with Gasteiger partial charge >= 0.3 is 6.43 Å². The highest BCUT2D eigenvalue weighted by molar-refractivity contribution is 5.58. The van der Waals surface area contributed by atoms with Crippen molar-refractivity contribution >= 4 is 5.95 Å². The summed E-state index contributed by atoms with van der Waals surface area (Å²) < 4.78 is 44.4. The molecule has 0 radical (unpaired) electrons. The quantitative estimate of drug-likeness (QED) is 0.691. The van der Waals surface area contributed by atoms with Gasteiger partial charge in [0.2, 0.25) is 5.95 Å². The molecule has 0 bridgehead atoms. The monoisotopic (exact) mass is 389 g/mol. The summed E-state index contributed by atoms with van der Waals surface area (Å²) in [5, 5.41) is 7.13. The van der Waals surface area contributed by atoms with Crippen LogP contribution in [0.4, 0.5) is 19.1 Å². The summed E-state index contributed by atoms with van der Waals surface area (Å²) in [4.78, 5) is 8.38. The molecule has 0 spiro atoms. The maximum atomic E-state index is 13.5. The topological polar surface area (TPSA) is 90.7 Å². The summed E-state index contributed by atoms with van der Waals surface area (Å²) >= 11 is 0.